The molecule has 1 heterocycles. The number of nitrogens with zero attached hydrogens (tertiary/aromatic N) is 1. The number of para-hydroxylation sites is 1. The third-order valence-electron chi connectivity index (χ3n) is 8.48. The van der Waals surface area contributed by atoms with Crippen molar-refractivity contribution in [2.45, 2.75) is 50.9 Å². The molecule has 6 nitrogen and oxygen atoms in total. The van der Waals surface area contributed by atoms with Gasteiger partial charge in [-0.2, -0.15) is 0 Å². The summed E-state index contributed by atoms with van der Waals surface area (Å²) in [5.41, 5.74) is 3.01. The Morgan fingerprint density at radius 3 is 2.38 bits per heavy atom. The smallest absolute Gasteiger partial charge is 0.294 e. The molecule has 0 spiro atoms. The van der Waals surface area contributed by atoms with E-state index in [1.807, 2.05) is 31.2 Å². The summed E-state index contributed by atoms with van der Waals surface area (Å²) in [6, 6.07) is 15.4. The first-order valence-corrected chi connectivity index (χ1v) is 14.1. The fourth-order valence-corrected chi connectivity index (χ4v) is 8.21. The average Bonchev–Trinajstić information content (AvgIpc) is 3.12. The van der Waals surface area contributed by atoms with Crippen LogP contribution < -0.4 is 10.1 Å². The highest BCUT2D eigenvalue weighted by Crippen LogP contribution is 2.61. The third-order valence-corrected chi connectivity index (χ3v) is 9.39. The third kappa shape index (κ3) is 4.70. The normalized spacial score (nSPS) is 29.3. The Morgan fingerprint density at radius 1 is 1.05 bits per heavy atom. The molecule has 0 radical (unpaired) electrons. The number of amides is 3. The first kappa shape index (κ1) is 24.3. The Hall–Kier alpha value is -3.06. The molecule has 0 aromatic heterocycles. The average molecular weight is 517 g/mol. The van der Waals surface area contributed by atoms with E-state index in [0.717, 1.165) is 40.0 Å². The summed E-state index contributed by atoms with van der Waals surface area (Å²) in [5.74, 6) is 2.36. The van der Waals surface area contributed by atoms with Gasteiger partial charge in [-0.25, -0.2) is 0 Å². The van der Waals surface area contributed by atoms with Crippen LogP contribution in [0.4, 0.5) is 10.5 Å². The lowest BCUT2D eigenvalue weighted by Gasteiger charge is -2.57. The lowest BCUT2D eigenvalue weighted by atomic mass is 9.48. The van der Waals surface area contributed by atoms with Gasteiger partial charge in [0.2, 0.25) is 5.91 Å². The maximum Gasteiger partial charge on any atom is 0.294 e. The summed E-state index contributed by atoms with van der Waals surface area (Å²) in [5, 5.41) is 2.30. The van der Waals surface area contributed by atoms with Crippen LogP contribution >= 0.6 is 11.8 Å². The zero-order valence-electron chi connectivity index (χ0n) is 21.1. The number of ether oxygens (including phenoxy) is 1. The van der Waals surface area contributed by atoms with Crippen LogP contribution in [-0.2, 0) is 15.0 Å². The molecule has 4 saturated carbocycles. The lowest BCUT2D eigenvalue weighted by molar-refractivity contribution is -0.127. The number of rotatable bonds is 7. The predicted molar refractivity (Wildman–Crippen MR) is 145 cm³/mol. The zero-order chi connectivity index (χ0) is 25.6. The number of hydrogen-bond donors (Lipinski definition) is 1. The van der Waals surface area contributed by atoms with Crippen molar-refractivity contribution in [3.8, 4) is 5.75 Å². The quantitative estimate of drug-likeness (QED) is 0.442. The molecular formula is C30H32N2O4S. The molecule has 3 amide bonds. The molecule has 2 aromatic carbocycles. The number of imide groups is 1. The standard InChI is InChI=1S/C30H32N2O4S/c1-2-36-25-9-8-23(30-15-19-10-20(16-30)12-21(11-19)17-30)13-22(25)14-26-28(34)32(29(35)37-26)18-27(33)31-24-6-4-3-5-7-24/h3-9,13-14,19-21H,2,10-12,15-18H2,1H3,(H,31,33)/b26-14+. The molecule has 1 aliphatic heterocycles. The number of nitrogens with one attached hydrogen (secondary N) is 1. The van der Waals surface area contributed by atoms with E-state index in [-0.39, 0.29) is 12.0 Å². The van der Waals surface area contributed by atoms with Crippen molar-refractivity contribution in [3.05, 3.63) is 64.6 Å². The summed E-state index contributed by atoms with van der Waals surface area (Å²) < 4.78 is 5.91. The van der Waals surface area contributed by atoms with Crippen LogP contribution in [-0.4, -0.2) is 35.1 Å². The van der Waals surface area contributed by atoms with Crippen molar-refractivity contribution in [1.82, 2.24) is 4.90 Å². The van der Waals surface area contributed by atoms with Crippen molar-refractivity contribution < 1.29 is 19.1 Å². The van der Waals surface area contributed by atoms with Crippen molar-refractivity contribution in [3.63, 3.8) is 0 Å². The van der Waals surface area contributed by atoms with Gasteiger partial charge < -0.3 is 10.1 Å². The van der Waals surface area contributed by atoms with Crippen molar-refractivity contribution in [2.75, 3.05) is 18.5 Å². The minimum absolute atomic E-state index is 0.219. The van der Waals surface area contributed by atoms with Crippen LogP contribution in [0, 0.1) is 17.8 Å². The number of thioether (sulfide) groups is 1. The first-order chi connectivity index (χ1) is 17.9. The second-order valence-corrected chi connectivity index (χ2v) is 12.1. The summed E-state index contributed by atoms with van der Waals surface area (Å²) >= 11 is 0.880. The van der Waals surface area contributed by atoms with Gasteiger partial charge in [0.25, 0.3) is 11.1 Å². The molecule has 192 valence electrons. The molecule has 2 aromatic rings. The number of anilines is 1. The minimum atomic E-state index is -0.444. The van der Waals surface area contributed by atoms with Crippen LogP contribution in [0.25, 0.3) is 6.08 Å². The van der Waals surface area contributed by atoms with Crippen molar-refractivity contribution in [1.29, 1.82) is 0 Å². The molecule has 7 heteroatoms. The second kappa shape index (κ2) is 9.67. The van der Waals surface area contributed by atoms with E-state index in [1.54, 1.807) is 18.2 Å². The Kier molecular flexibility index (Phi) is 6.35. The highest BCUT2D eigenvalue weighted by Gasteiger charge is 2.51. The Morgan fingerprint density at radius 2 is 1.73 bits per heavy atom. The number of benzene rings is 2. The van der Waals surface area contributed by atoms with Crippen molar-refractivity contribution >= 4 is 40.6 Å². The molecule has 0 atom stereocenters. The van der Waals surface area contributed by atoms with Gasteiger partial charge in [0.15, 0.2) is 0 Å². The first-order valence-electron chi connectivity index (χ1n) is 13.3. The van der Waals surface area contributed by atoms with Gasteiger partial charge in [0, 0.05) is 11.3 Å². The van der Waals surface area contributed by atoms with Gasteiger partial charge in [-0.15, -0.1) is 0 Å². The van der Waals surface area contributed by atoms with E-state index in [4.69, 9.17) is 4.74 Å². The molecule has 4 aliphatic carbocycles. The van der Waals surface area contributed by atoms with Crippen LogP contribution in [0.5, 0.6) is 5.75 Å². The fraction of sp³-hybridized carbons (Fsp3) is 0.433. The largest absolute Gasteiger partial charge is 0.493 e. The SMILES string of the molecule is CCOc1ccc(C23CC4CC(CC(C4)C2)C3)cc1/C=C1/SC(=O)N(CC(=O)Nc2ccccc2)C1=O. The van der Waals surface area contributed by atoms with Gasteiger partial charge in [0.05, 0.1) is 11.5 Å². The van der Waals surface area contributed by atoms with Gasteiger partial charge in [-0.1, -0.05) is 24.3 Å². The van der Waals surface area contributed by atoms with Gasteiger partial charge in [-0.3, -0.25) is 19.3 Å². The van der Waals surface area contributed by atoms with Crippen LogP contribution in [0.15, 0.2) is 53.4 Å². The molecule has 1 saturated heterocycles. The van der Waals surface area contributed by atoms with E-state index in [1.165, 1.54) is 44.1 Å². The van der Waals surface area contributed by atoms with Crippen LogP contribution in [0.1, 0.15) is 56.6 Å². The maximum absolute atomic E-state index is 13.2. The fourth-order valence-electron chi connectivity index (χ4n) is 7.39. The number of hydrogen-bond acceptors (Lipinski definition) is 5. The molecule has 7 rings (SSSR count). The van der Waals surface area contributed by atoms with E-state index in [0.29, 0.717) is 22.9 Å². The second-order valence-electron chi connectivity index (χ2n) is 11.1. The Bertz CT molecular complexity index is 1240. The minimum Gasteiger partial charge on any atom is -0.493 e. The summed E-state index contributed by atoms with van der Waals surface area (Å²) in [6.45, 7) is 2.14. The van der Waals surface area contributed by atoms with Crippen LogP contribution in [0.3, 0.4) is 0 Å². The maximum atomic E-state index is 13.2. The lowest BCUT2D eigenvalue weighted by Crippen LogP contribution is -2.48. The number of carbonyl (C=O) groups excluding carboxylic acids is 3. The van der Waals surface area contributed by atoms with Gasteiger partial charge >= 0.3 is 0 Å². The molecule has 0 unspecified atom stereocenters. The summed E-state index contributed by atoms with van der Waals surface area (Å²) in [4.78, 5) is 39.7. The monoisotopic (exact) mass is 516 g/mol. The topological polar surface area (TPSA) is 75.7 Å². The highest BCUT2D eigenvalue weighted by atomic mass is 32.2. The van der Waals surface area contributed by atoms with Gasteiger partial charge in [-0.05, 0) is 116 Å². The molecule has 5 aliphatic rings. The Balaban J connectivity index is 1.25. The number of carbonyl (C=O) groups is 3. The summed E-state index contributed by atoms with van der Waals surface area (Å²) in [7, 11) is 0. The highest BCUT2D eigenvalue weighted by molar-refractivity contribution is 8.18. The van der Waals surface area contributed by atoms with E-state index < -0.39 is 17.1 Å². The predicted octanol–water partition coefficient (Wildman–Crippen LogP) is 6.23. The van der Waals surface area contributed by atoms with E-state index in [9.17, 15) is 14.4 Å². The van der Waals surface area contributed by atoms with Crippen LogP contribution in [0.2, 0.25) is 0 Å². The molecule has 5 fully saturated rings. The molecular weight excluding hydrogens is 484 g/mol. The molecule has 37 heavy (non-hydrogen) atoms. The van der Waals surface area contributed by atoms with Crippen molar-refractivity contribution in [2.24, 2.45) is 17.8 Å². The van der Waals surface area contributed by atoms with E-state index >= 15 is 0 Å². The molecule has 4 bridgehead atoms. The summed E-state index contributed by atoms with van der Waals surface area (Å²) in [6.07, 6.45) is 9.67. The van der Waals surface area contributed by atoms with Gasteiger partial charge in [0.1, 0.15) is 12.3 Å². The van der Waals surface area contributed by atoms with E-state index in [2.05, 4.69) is 17.4 Å². The molecule has 1 N–H and O–H groups in total. The Labute approximate surface area is 221 Å². The zero-order valence-corrected chi connectivity index (χ0v) is 21.9.